The van der Waals surface area contributed by atoms with E-state index in [0.29, 0.717) is 11.6 Å². The standard InChI is InChI=1S/C16H13Br2IN2O2/c1-9-13(19)4-5-14(20-9)21-15(22)6-3-10-7-11(17)8-12(18)16(10)23-2/h3-8H,1-2H3,(H,20,21,22)/b6-3+. The summed E-state index contributed by atoms with van der Waals surface area (Å²) in [6, 6.07) is 7.45. The monoisotopic (exact) mass is 550 g/mol. The minimum atomic E-state index is -0.253. The van der Waals surface area contributed by atoms with Crippen molar-refractivity contribution >= 4 is 72.3 Å². The maximum atomic E-state index is 12.0. The van der Waals surface area contributed by atoms with Gasteiger partial charge >= 0.3 is 0 Å². The highest BCUT2D eigenvalue weighted by Crippen LogP contribution is 2.33. The van der Waals surface area contributed by atoms with Gasteiger partial charge in [-0.1, -0.05) is 15.9 Å². The number of aryl methyl sites for hydroxylation is 1. The predicted molar refractivity (Wildman–Crippen MR) is 108 cm³/mol. The van der Waals surface area contributed by atoms with E-state index in [1.165, 1.54) is 6.08 Å². The van der Waals surface area contributed by atoms with Gasteiger partial charge in [0.1, 0.15) is 11.6 Å². The Balaban J connectivity index is 2.16. The van der Waals surface area contributed by atoms with Crippen molar-refractivity contribution < 1.29 is 9.53 Å². The van der Waals surface area contributed by atoms with Gasteiger partial charge in [-0.05, 0) is 75.8 Å². The molecule has 0 saturated carbocycles. The number of benzene rings is 1. The third kappa shape index (κ3) is 5.02. The topological polar surface area (TPSA) is 51.2 Å². The van der Waals surface area contributed by atoms with E-state index in [1.807, 2.05) is 25.1 Å². The summed E-state index contributed by atoms with van der Waals surface area (Å²) in [6.45, 7) is 1.90. The lowest BCUT2D eigenvalue weighted by molar-refractivity contribution is -0.111. The van der Waals surface area contributed by atoms with Gasteiger partial charge in [0.05, 0.1) is 17.3 Å². The van der Waals surface area contributed by atoms with Gasteiger partial charge in [-0.2, -0.15) is 0 Å². The zero-order valence-electron chi connectivity index (χ0n) is 12.4. The maximum absolute atomic E-state index is 12.0. The molecule has 0 aliphatic heterocycles. The number of nitrogens with zero attached hydrogens (tertiary/aromatic N) is 1. The van der Waals surface area contributed by atoms with Gasteiger partial charge in [0.15, 0.2) is 0 Å². The van der Waals surface area contributed by atoms with Crippen LogP contribution in [0.3, 0.4) is 0 Å². The quantitative estimate of drug-likeness (QED) is 0.421. The van der Waals surface area contributed by atoms with E-state index in [9.17, 15) is 4.79 Å². The van der Waals surface area contributed by atoms with Gasteiger partial charge in [0.25, 0.3) is 0 Å². The molecule has 0 fully saturated rings. The molecular weight excluding hydrogens is 539 g/mol. The minimum absolute atomic E-state index is 0.253. The molecule has 1 heterocycles. The van der Waals surface area contributed by atoms with Crippen LogP contribution in [0.5, 0.6) is 5.75 Å². The Morgan fingerprint density at radius 2 is 2.09 bits per heavy atom. The lowest BCUT2D eigenvalue weighted by atomic mass is 10.2. The average Bonchev–Trinajstić information content (AvgIpc) is 2.48. The van der Waals surface area contributed by atoms with Crippen molar-refractivity contribution in [2.75, 3.05) is 12.4 Å². The number of carbonyl (C=O) groups excluding carboxylic acids is 1. The van der Waals surface area contributed by atoms with Gasteiger partial charge in [0, 0.05) is 19.7 Å². The van der Waals surface area contributed by atoms with E-state index in [4.69, 9.17) is 4.74 Å². The summed E-state index contributed by atoms with van der Waals surface area (Å²) in [6.07, 6.45) is 3.15. The van der Waals surface area contributed by atoms with Gasteiger partial charge in [0.2, 0.25) is 5.91 Å². The Morgan fingerprint density at radius 3 is 2.74 bits per heavy atom. The molecule has 2 aromatic rings. The number of amides is 1. The second kappa shape index (κ2) is 8.25. The third-order valence-electron chi connectivity index (χ3n) is 2.93. The van der Waals surface area contributed by atoms with Gasteiger partial charge < -0.3 is 10.1 Å². The number of anilines is 1. The summed E-state index contributed by atoms with van der Waals surface area (Å²) in [5.74, 6) is 0.941. The van der Waals surface area contributed by atoms with Crippen LogP contribution in [0.25, 0.3) is 6.08 Å². The van der Waals surface area contributed by atoms with Crippen LogP contribution in [0.4, 0.5) is 5.82 Å². The fourth-order valence-electron chi connectivity index (χ4n) is 1.87. The Hall–Kier alpha value is -0.930. The fourth-order valence-corrected chi connectivity index (χ4v) is 3.59. The van der Waals surface area contributed by atoms with E-state index in [-0.39, 0.29) is 5.91 Å². The van der Waals surface area contributed by atoms with E-state index < -0.39 is 0 Å². The zero-order chi connectivity index (χ0) is 17.0. The van der Waals surface area contributed by atoms with E-state index in [2.05, 4.69) is 64.8 Å². The summed E-state index contributed by atoms with van der Waals surface area (Å²) in [5.41, 5.74) is 1.67. The summed E-state index contributed by atoms with van der Waals surface area (Å²) in [5, 5.41) is 2.74. The first kappa shape index (κ1) is 18.4. The van der Waals surface area contributed by atoms with Crippen LogP contribution in [0, 0.1) is 10.5 Å². The number of aromatic nitrogens is 1. The molecule has 1 aromatic heterocycles. The molecule has 4 nitrogen and oxygen atoms in total. The smallest absolute Gasteiger partial charge is 0.249 e. The lowest BCUT2D eigenvalue weighted by Crippen LogP contribution is -2.09. The molecular formula is C16H13Br2IN2O2. The first-order valence-electron chi connectivity index (χ1n) is 6.56. The Bertz CT molecular complexity index is 779. The number of methoxy groups -OCH3 is 1. The zero-order valence-corrected chi connectivity index (χ0v) is 17.7. The van der Waals surface area contributed by atoms with Crippen molar-refractivity contribution in [2.45, 2.75) is 6.92 Å². The summed E-state index contributed by atoms with van der Waals surface area (Å²) in [4.78, 5) is 16.4. The van der Waals surface area contributed by atoms with Crippen molar-refractivity contribution in [3.63, 3.8) is 0 Å². The Morgan fingerprint density at radius 1 is 1.35 bits per heavy atom. The average molecular weight is 552 g/mol. The number of rotatable bonds is 4. The molecule has 0 spiro atoms. The highest BCUT2D eigenvalue weighted by molar-refractivity contribution is 14.1. The van der Waals surface area contributed by atoms with E-state index in [0.717, 1.165) is 23.8 Å². The first-order valence-corrected chi connectivity index (χ1v) is 9.22. The molecule has 23 heavy (non-hydrogen) atoms. The summed E-state index contributed by atoms with van der Waals surface area (Å²) < 4.78 is 8.10. The SMILES string of the molecule is COc1c(Br)cc(Br)cc1/C=C/C(=O)Nc1ccc(I)c(C)n1. The number of hydrogen-bond donors (Lipinski definition) is 1. The van der Waals surface area contributed by atoms with Crippen LogP contribution in [0.2, 0.25) is 0 Å². The summed E-state index contributed by atoms with van der Waals surface area (Å²) in [7, 11) is 1.59. The number of halogens is 3. The van der Waals surface area contributed by atoms with Crippen molar-refractivity contribution in [2.24, 2.45) is 0 Å². The van der Waals surface area contributed by atoms with Crippen LogP contribution in [0.15, 0.2) is 39.3 Å². The first-order chi connectivity index (χ1) is 10.9. The second-order valence-electron chi connectivity index (χ2n) is 4.60. The fraction of sp³-hybridized carbons (Fsp3) is 0.125. The molecule has 0 saturated heterocycles. The Kier molecular flexibility index (Phi) is 6.60. The van der Waals surface area contributed by atoms with Crippen LogP contribution < -0.4 is 10.1 Å². The van der Waals surface area contributed by atoms with Crippen molar-refractivity contribution in [3.05, 3.63) is 54.1 Å². The van der Waals surface area contributed by atoms with E-state index >= 15 is 0 Å². The third-order valence-corrected chi connectivity index (χ3v) is 5.12. The summed E-state index contributed by atoms with van der Waals surface area (Å²) >= 11 is 9.06. The van der Waals surface area contributed by atoms with Crippen LogP contribution in [-0.2, 0) is 4.79 Å². The van der Waals surface area contributed by atoms with Crippen LogP contribution in [-0.4, -0.2) is 18.0 Å². The van der Waals surface area contributed by atoms with Crippen molar-refractivity contribution in [3.8, 4) is 5.75 Å². The molecule has 7 heteroatoms. The number of carbonyl (C=O) groups is 1. The molecule has 1 N–H and O–H groups in total. The largest absolute Gasteiger partial charge is 0.495 e. The maximum Gasteiger partial charge on any atom is 0.249 e. The number of nitrogens with one attached hydrogen (secondary N) is 1. The molecule has 2 rings (SSSR count). The molecule has 0 aliphatic rings. The van der Waals surface area contributed by atoms with Gasteiger partial charge in [-0.25, -0.2) is 4.98 Å². The Labute approximate surface area is 165 Å². The molecule has 0 atom stereocenters. The lowest BCUT2D eigenvalue weighted by Gasteiger charge is -2.08. The molecule has 1 amide bonds. The van der Waals surface area contributed by atoms with Gasteiger partial charge in [-0.3, -0.25) is 4.79 Å². The molecule has 1 aromatic carbocycles. The highest BCUT2D eigenvalue weighted by Gasteiger charge is 2.08. The second-order valence-corrected chi connectivity index (χ2v) is 7.53. The molecule has 120 valence electrons. The van der Waals surface area contributed by atoms with Crippen LogP contribution in [0.1, 0.15) is 11.3 Å². The molecule has 0 aliphatic carbocycles. The van der Waals surface area contributed by atoms with Crippen LogP contribution >= 0.6 is 54.5 Å². The van der Waals surface area contributed by atoms with Gasteiger partial charge in [-0.15, -0.1) is 0 Å². The van der Waals surface area contributed by atoms with Crippen molar-refractivity contribution in [1.82, 2.24) is 4.98 Å². The number of ether oxygens (including phenoxy) is 1. The minimum Gasteiger partial charge on any atom is -0.495 e. The number of hydrogen-bond acceptors (Lipinski definition) is 3. The number of pyridine rings is 1. The molecule has 0 radical (unpaired) electrons. The predicted octanol–water partition coefficient (Wildman–Crippen LogP) is 5.18. The molecule has 0 bridgehead atoms. The van der Waals surface area contributed by atoms with E-state index in [1.54, 1.807) is 19.3 Å². The normalized spacial score (nSPS) is 10.8. The highest BCUT2D eigenvalue weighted by atomic mass is 127. The van der Waals surface area contributed by atoms with Crippen molar-refractivity contribution in [1.29, 1.82) is 0 Å². The molecule has 0 unspecified atom stereocenters.